The van der Waals surface area contributed by atoms with Crippen LogP contribution in [0.25, 0.3) is 0 Å². The van der Waals surface area contributed by atoms with Gasteiger partial charge in [0.05, 0.1) is 25.5 Å². The molecule has 8 nitrogen and oxygen atoms in total. The Labute approximate surface area is 149 Å². The molecule has 0 aliphatic rings. The van der Waals surface area contributed by atoms with E-state index in [-0.39, 0.29) is 18.3 Å². The summed E-state index contributed by atoms with van der Waals surface area (Å²) in [6.45, 7) is 1.75. The van der Waals surface area contributed by atoms with Gasteiger partial charge in [0, 0.05) is 16.1 Å². The molecule has 0 unspecified atom stereocenters. The minimum absolute atomic E-state index is 0.0989. The van der Waals surface area contributed by atoms with Crippen molar-refractivity contribution in [2.45, 2.75) is 13.3 Å². The number of rotatable bonds is 6. The van der Waals surface area contributed by atoms with E-state index in [4.69, 9.17) is 0 Å². The zero-order valence-electron chi connectivity index (χ0n) is 13.8. The Morgan fingerprint density at radius 2 is 1.88 bits per heavy atom. The van der Waals surface area contributed by atoms with Crippen LogP contribution in [-0.4, -0.2) is 38.6 Å². The third-order valence-corrected chi connectivity index (χ3v) is 4.78. The van der Waals surface area contributed by atoms with Crippen molar-refractivity contribution >= 4 is 44.1 Å². The Kier molecular flexibility index (Phi) is 5.75. The average Bonchev–Trinajstić information content (AvgIpc) is 2.85. The molecule has 0 aliphatic carbocycles. The molecule has 0 spiro atoms. The molecule has 0 aliphatic heterocycles. The van der Waals surface area contributed by atoms with Gasteiger partial charge in [0.15, 0.2) is 5.13 Å². The number of anilines is 2. The second-order valence-corrected chi connectivity index (χ2v) is 8.02. The fourth-order valence-corrected chi connectivity index (χ4v) is 3.43. The lowest BCUT2D eigenvalue weighted by Gasteiger charge is -2.05. The first kappa shape index (κ1) is 18.9. The lowest BCUT2D eigenvalue weighted by molar-refractivity contribution is -0.139. The molecule has 0 saturated carbocycles. The predicted molar refractivity (Wildman–Crippen MR) is 95.4 cm³/mol. The monoisotopic (exact) mass is 383 g/mol. The molecule has 10 heteroatoms. The SMILES string of the molecule is COC(=O)Cc1sc(NC(=O)c2ccc(NS(C)(=O)=O)cc2)nc1C. The molecule has 0 fully saturated rings. The van der Waals surface area contributed by atoms with Crippen LogP contribution >= 0.6 is 11.3 Å². The van der Waals surface area contributed by atoms with E-state index in [1.54, 1.807) is 6.92 Å². The molecular formula is C15H17N3O5S2. The molecule has 2 N–H and O–H groups in total. The van der Waals surface area contributed by atoms with Crippen molar-refractivity contribution in [3.05, 3.63) is 40.4 Å². The van der Waals surface area contributed by atoms with Crippen molar-refractivity contribution in [3.8, 4) is 0 Å². The summed E-state index contributed by atoms with van der Waals surface area (Å²) in [4.78, 5) is 28.5. The fraction of sp³-hybridized carbons (Fsp3) is 0.267. The first-order valence-electron chi connectivity index (χ1n) is 7.10. The molecule has 0 radical (unpaired) electrons. The maximum absolute atomic E-state index is 12.2. The Bertz CT molecular complexity index is 888. The van der Waals surface area contributed by atoms with Crippen molar-refractivity contribution in [1.29, 1.82) is 0 Å². The molecule has 0 atom stereocenters. The number of hydrogen-bond acceptors (Lipinski definition) is 7. The van der Waals surface area contributed by atoms with Crippen molar-refractivity contribution in [2.24, 2.45) is 0 Å². The number of hydrogen-bond donors (Lipinski definition) is 2. The molecule has 1 aromatic carbocycles. The van der Waals surface area contributed by atoms with E-state index in [2.05, 4.69) is 19.8 Å². The fourth-order valence-electron chi connectivity index (χ4n) is 1.92. The molecule has 25 heavy (non-hydrogen) atoms. The highest BCUT2D eigenvalue weighted by Crippen LogP contribution is 2.24. The van der Waals surface area contributed by atoms with E-state index in [1.165, 1.54) is 42.7 Å². The third kappa shape index (κ3) is 5.54. The summed E-state index contributed by atoms with van der Waals surface area (Å²) < 4.78 is 29.3. The minimum Gasteiger partial charge on any atom is -0.469 e. The number of nitrogens with one attached hydrogen (secondary N) is 2. The summed E-state index contributed by atoms with van der Waals surface area (Å²) in [5, 5.41) is 3.03. The van der Waals surface area contributed by atoms with Gasteiger partial charge in [0.25, 0.3) is 5.91 Å². The molecule has 134 valence electrons. The molecule has 0 saturated heterocycles. The molecule has 1 amide bonds. The Balaban J connectivity index is 2.07. The van der Waals surface area contributed by atoms with Gasteiger partial charge < -0.3 is 4.74 Å². The summed E-state index contributed by atoms with van der Waals surface area (Å²) in [6, 6.07) is 5.98. The number of carbonyl (C=O) groups excluding carboxylic acids is 2. The summed E-state index contributed by atoms with van der Waals surface area (Å²) in [5.41, 5.74) is 1.37. The van der Waals surface area contributed by atoms with E-state index in [1.807, 2.05) is 0 Å². The highest BCUT2D eigenvalue weighted by molar-refractivity contribution is 7.92. The quantitative estimate of drug-likeness (QED) is 0.735. The average molecular weight is 383 g/mol. The number of esters is 1. The van der Waals surface area contributed by atoms with E-state index in [0.717, 1.165) is 11.1 Å². The van der Waals surface area contributed by atoms with Crippen LogP contribution in [0.5, 0.6) is 0 Å². The molecule has 2 aromatic rings. The minimum atomic E-state index is -3.37. The van der Waals surface area contributed by atoms with Gasteiger partial charge in [0.1, 0.15) is 0 Å². The standard InChI is InChI=1S/C15H17N3O5S2/c1-9-12(8-13(19)23-2)24-15(16-9)17-14(20)10-4-6-11(7-5-10)18-25(3,21)22/h4-7,18H,8H2,1-3H3,(H,16,17,20). The lowest BCUT2D eigenvalue weighted by Crippen LogP contribution is -2.12. The number of sulfonamides is 1. The molecule has 1 heterocycles. The van der Waals surface area contributed by atoms with Gasteiger partial charge in [0.2, 0.25) is 10.0 Å². The van der Waals surface area contributed by atoms with E-state index < -0.39 is 10.0 Å². The van der Waals surface area contributed by atoms with Gasteiger partial charge in [-0.05, 0) is 31.2 Å². The summed E-state index contributed by atoms with van der Waals surface area (Å²) >= 11 is 1.20. The molecule has 1 aromatic heterocycles. The zero-order valence-corrected chi connectivity index (χ0v) is 15.5. The topological polar surface area (TPSA) is 114 Å². The van der Waals surface area contributed by atoms with Crippen molar-refractivity contribution in [1.82, 2.24) is 4.98 Å². The Morgan fingerprint density at radius 3 is 2.44 bits per heavy atom. The first-order chi connectivity index (χ1) is 11.7. The van der Waals surface area contributed by atoms with E-state index in [9.17, 15) is 18.0 Å². The van der Waals surface area contributed by atoms with Gasteiger partial charge in [-0.25, -0.2) is 13.4 Å². The number of amides is 1. The Morgan fingerprint density at radius 1 is 1.24 bits per heavy atom. The van der Waals surface area contributed by atoms with Gasteiger partial charge >= 0.3 is 5.97 Å². The number of methoxy groups -OCH3 is 1. The lowest BCUT2D eigenvalue weighted by atomic mass is 10.2. The summed E-state index contributed by atoms with van der Waals surface area (Å²) in [7, 11) is -2.06. The van der Waals surface area contributed by atoms with Crippen LogP contribution in [0.4, 0.5) is 10.8 Å². The van der Waals surface area contributed by atoms with Gasteiger partial charge in [-0.15, -0.1) is 11.3 Å². The second kappa shape index (κ2) is 7.62. The summed E-state index contributed by atoms with van der Waals surface area (Å²) in [6.07, 6.45) is 1.14. The first-order valence-corrected chi connectivity index (χ1v) is 9.81. The van der Waals surface area contributed by atoms with Crippen LogP contribution < -0.4 is 10.0 Å². The zero-order chi connectivity index (χ0) is 18.6. The number of benzene rings is 1. The molecular weight excluding hydrogens is 366 g/mol. The number of carbonyl (C=O) groups is 2. The predicted octanol–water partition coefficient (Wildman–Crippen LogP) is 1.79. The third-order valence-electron chi connectivity index (χ3n) is 3.10. The smallest absolute Gasteiger partial charge is 0.310 e. The largest absolute Gasteiger partial charge is 0.469 e. The number of nitrogens with zero attached hydrogens (tertiary/aromatic N) is 1. The van der Waals surface area contributed by atoms with Crippen molar-refractivity contribution in [3.63, 3.8) is 0 Å². The maximum Gasteiger partial charge on any atom is 0.310 e. The number of thiazole rings is 1. The van der Waals surface area contributed by atoms with Crippen LogP contribution in [0.1, 0.15) is 20.9 Å². The number of ether oxygens (including phenoxy) is 1. The van der Waals surface area contributed by atoms with Gasteiger partial charge in [-0.2, -0.15) is 0 Å². The van der Waals surface area contributed by atoms with Crippen LogP contribution in [-0.2, 0) is 26.0 Å². The second-order valence-electron chi connectivity index (χ2n) is 5.19. The van der Waals surface area contributed by atoms with Gasteiger partial charge in [-0.3, -0.25) is 19.6 Å². The normalized spacial score (nSPS) is 11.0. The van der Waals surface area contributed by atoms with Gasteiger partial charge in [-0.1, -0.05) is 0 Å². The maximum atomic E-state index is 12.2. The van der Waals surface area contributed by atoms with Crippen LogP contribution in [0.2, 0.25) is 0 Å². The van der Waals surface area contributed by atoms with Crippen LogP contribution in [0.3, 0.4) is 0 Å². The summed E-state index contributed by atoms with van der Waals surface area (Å²) in [5.74, 6) is -0.761. The highest BCUT2D eigenvalue weighted by Gasteiger charge is 2.14. The molecule has 2 rings (SSSR count). The van der Waals surface area contributed by atoms with Crippen molar-refractivity contribution < 1.29 is 22.7 Å². The van der Waals surface area contributed by atoms with E-state index in [0.29, 0.717) is 22.1 Å². The van der Waals surface area contributed by atoms with E-state index >= 15 is 0 Å². The number of aromatic nitrogens is 1. The van der Waals surface area contributed by atoms with Crippen molar-refractivity contribution in [2.75, 3.05) is 23.4 Å². The number of aryl methyl sites for hydroxylation is 1. The highest BCUT2D eigenvalue weighted by atomic mass is 32.2. The van der Waals surface area contributed by atoms with Crippen LogP contribution in [0.15, 0.2) is 24.3 Å². The Hall–Kier alpha value is -2.46. The van der Waals surface area contributed by atoms with Crippen LogP contribution in [0, 0.1) is 6.92 Å². The molecule has 0 bridgehead atoms.